The Morgan fingerprint density at radius 2 is 2.19 bits per heavy atom. The van der Waals surface area contributed by atoms with Gasteiger partial charge in [0, 0.05) is 11.5 Å². The van der Waals surface area contributed by atoms with Gasteiger partial charge in [-0.05, 0) is 26.7 Å². The molecule has 16 heavy (non-hydrogen) atoms. The number of carbonyl (C=O) groups excluding carboxylic acids is 1. The van der Waals surface area contributed by atoms with E-state index in [0.717, 1.165) is 12.8 Å². The Kier molecular flexibility index (Phi) is 2.77. The molecule has 0 spiro atoms. The van der Waals surface area contributed by atoms with Crippen molar-refractivity contribution in [1.82, 2.24) is 9.97 Å². The molecule has 2 rings (SSSR count). The fraction of sp³-hybridized carbons (Fsp3) is 0.545. The van der Waals surface area contributed by atoms with Gasteiger partial charge in [0.2, 0.25) is 0 Å². The molecule has 0 aromatic carbocycles. The maximum absolute atomic E-state index is 11.6. The van der Waals surface area contributed by atoms with Gasteiger partial charge in [0.05, 0.1) is 6.61 Å². The van der Waals surface area contributed by atoms with Crippen molar-refractivity contribution < 1.29 is 9.53 Å². The molecule has 0 amide bonds. The molecule has 1 aromatic heterocycles. The van der Waals surface area contributed by atoms with Crippen LogP contribution in [0.2, 0.25) is 0 Å². The number of anilines is 1. The average molecular weight is 221 g/mol. The minimum Gasteiger partial charge on any atom is -0.461 e. The second-order valence-corrected chi connectivity index (χ2v) is 3.94. The number of ether oxygens (including phenoxy) is 1. The van der Waals surface area contributed by atoms with Gasteiger partial charge in [0.1, 0.15) is 11.6 Å². The number of nitrogens with zero attached hydrogens (tertiary/aromatic N) is 2. The SMILES string of the molecule is CCOC(=O)c1nc(C2CC2)nc(N)c1C. The number of aromatic nitrogens is 2. The first-order valence-electron chi connectivity index (χ1n) is 5.44. The van der Waals surface area contributed by atoms with E-state index in [1.807, 2.05) is 0 Å². The molecule has 0 saturated heterocycles. The van der Waals surface area contributed by atoms with Crippen LogP contribution in [0.5, 0.6) is 0 Å². The van der Waals surface area contributed by atoms with E-state index in [2.05, 4.69) is 9.97 Å². The van der Waals surface area contributed by atoms with Gasteiger partial charge in [-0.15, -0.1) is 0 Å². The average Bonchev–Trinajstić information content (AvgIpc) is 3.05. The highest BCUT2D eigenvalue weighted by Crippen LogP contribution is 2.38. The molecule has 1 saturated carbocycles. The molecule has 1 aromatic rings. The molecule has 86 valence electrons. The van der Waals surface area contributed by atoms with Crippen LogP contribution in [0.4, 0.5) is 5.82 Å². The molecule has 0 unspecified atom stereocenters. The van der Waals surface area contributed by atoms with Crippen molar-refractivity contribution in [3.05, 3.63) is 17.1 Å². The van der Waals surface area contributed by atoms with Gasteiger partial charge in [-0.2, -0.15) is 0 Å². The van der Waals surface area contributed by atoms with Gasteiger partial charge < -0.3 is 10.5 Å². The number of esters is 1. The van der Waals surface area contributed by atoms with Gasteiger partial charge in [-0.1, -0.05) is 0 Å². The van der Waals surface area contributed by atoms with E-state index in [1.165, 1.54) is 0 Å². The Morgan fingerprint density at radius 1 is 1.50 bits per heavy atom. The first-order chi connectivity index (χ1) is 7.63. The predicted molar refractivity (Wildman–Crippen MR) is 59.1 cm³/mol. The number of nitrogen functional groups attached to an aromatic ring is 1. The predicted octanol–water partition coefficient (Wildman–Crippen LogP) is 1.42. The van der Waals surface area contributed by atoms with Crippen LogP contribution in [-0.2, 0) is 4.74 Å². The summed E-state index contributed by atoms with van der Waals surface area (Å²) in [6.07, 6.45) is 2.15. The van der Waals surface area contributed by atoms with Gasteiger partial charge in [-0.25, -0.2) is 14.8 Å². The van der Waals surface area contributed by atoms with Crippen molar-refractivity contribution in [1.29, 1.82) is 0 Å². The maximum atomic E-state index is 11.6. The Morgan fingerprint density at radius 3 is 2.75 bits per heavy atom. The van der Waals surface area contributed by atoms with Crippen molar-refractivity contribution >= 4 is 11.8 Å². The van der Waals surface area contributed by atoms with E-state index in [-0.39, 0.29) is 0 Å². The van der Waals surface area contributed by atoms with Crippen molar-refractivity contribution in [3.8, 4) is 0 Å². The van der Waals surface area contributed by atoms with Crippen LogP contribution in [0.25, 0.3) is 0 Å². The molecule has 0 atom stereocenters. The summed E-state index contributed by atoms with van der Waals surface area (Å²) in [4.78, 5) is 20.1. The summed E-state index contributed by atoms with van der Waals surface area (Å²) in [6, 6.07) is 0. The zero-order valence-electron chi connectivity index (χ0n) is 9.49. The van der Waals surface area contributed by atoms with Crippen molar-refractivity contribution in [2.75, 3.05) is 12.3 Å². The first kappa shape index (κ1) is 10.9. The highest BCUT2D eigenvalue weighted by atomic mass is 16.5. The third-order valence-electron chi connectivity index (χ3n) is 2.61. The molecule has 1 heterocycles. The monoisotopic (exact) mass is 221 g/mol. The second-order valence-electron chi connectivity index (χ2n) is 3.94. The Hall–Kier alpha value is -1.65. The summed E-state index contributed by atoms with van der Waals surface area (Å²) < 4.78 is 4.93. The van der Waals surface area contributed by atoms with E-state index in [0.29, 0.717) is 35.4 Å². The van der Waals surface area contributed by atoms with Crippen LogP contribution in [-0.4, -0.2) is 22.5 Å². The molecule has 5 nitrogen and oxygen atoms in total. The van der Waals surface area contributed by atoms with E-state index in [1.54, 1.807) is 13.8 Å². The summed E-state index contributed by atoms with van der Waals surface area (Å²) in [5.74, 6) is 0.998. The van der Waals surface area contributed by atoms with Crippen LogP contribution in [0.1, 0.15) is 47.6 Å². The summed E-state index contributed by atoms with van der Waals surface area (Å²) in [5.41, 5.74) is 6.66. The molecular formula is C11H15N3O2. The summed E-state index contributed by atoms with van der Waals surface area (Å²) >= 11 is 0. The lowest BCUT2D eigenvalue weighted by Gasteiger charge is -2.08. The molecule has 1 aliphatic rings. The molecule has 1 fully saturated rings. The molecule has 1 aliphatic carbocycles. The fourth-order valence-electron chi connectivity index (χ4n) is 1.47. The fourth-order valence-corrected chi connectivity index (χ4v) is 1.47. The highest BCUT2D eigenvalue weighted by Gasteiger charge is 2.29. The van der Waals surface area contributed by atoms with E-state index < -0.39 is 5.97 Å². The van der Waals surface area contributed by atoms with E-state index in [9.17, 15) is 4.79 Å². The molecular weight excluding hydrogens is 206 g/mol. The Bertz CT molecular complexity index is 427. The topological polar surface area (TPSA) is 78.1 Å². The lowest BCUT2D eigenvalue weighted by molar-refractivity contribution is 0.0518. The summed E-state index contributed by atoms with van der Waals surface area (Å²) in [5, 5.41) is 0. The molecule has 0 radical (unpaired) electrons. The zero-order chi connectivity index (χ0) is 11.7. The van der Waals surface area contributed by atoms with E-state index >= 15 is 0 Å². The number of hydrogen-bond donors (Lipinski definition) is 1. The third-order valence-corrected chi connectivity index (χ3v) is 2.61. The maximum Gasteiger partial charge on any atom is 0.357 e. The van der Waals surface area contributed by atoms with Crippen molar-refractivity contribution in [2.45, 2.75) is 32.6 Å². The van der Waals surface area contributed by atoms with Gasteiger partial charge in [0.15, 0.2) is 5.69 Å². The first-order valence-corrected chi connectivity index (χ1v) is 5.44. The normalized spacial score (nSPS) is 14.9. The number of carbonyl (C=O) groups is 1. The molecule has 2 N–H and O–H groups in total. The minimum absolute atomic E-state index is 0.302. The van der Waals surface area contributed by atoms with Crippen molar-refractivity contribution in [3.63, 3.8) is 0 Å². The van der Waals surface area contributed by atoms with Crippen molar-refractivity contribution in [2.24, 2.45) is 0 Å². The molecule has 0 aliphatic heterocycles. The quantitative estimate of drug-likeness (QED) is 0.781. The number of nitrogens with two attached hydrogens (primary N) is 1. The Labute approximate surface area is 94.0 Å². The van der Waals surface area contributed by atoms with Crippen LogP contribution in [0, 0.1) is 6.92 Å². The lowest BCUT2D eigenvalue weighted by Crippen LogP contribution is -2.14. The van der Waals surface area contributed by atoms with Gasteiger partial charge >= 0.3 is 5.97 Å². The smallest absolute Gasteiger partial charge is 0.357 e. The lowest BCUT2D eigenvalue weighted by atomic mass is 10.2. The molecule has 5 heteroatoms. The van der Waals surface area contributed by atoms with E-state index in [4.69, 9.17) is 10.5 Å². The third kappa shape index (κ3) is 1.98. The van der Waals surface area contributed by atoms with Crippen LogP contribution >= 0.6 is 0 Å². The van der Waals surface area contributed by atoms with Crippen LogP contribution < -0.4 is 5.73 Å². The van der Waals surface area contributed by atoms with Crippen LogP contribution in [0.3, 0.4) is 0 Å². The standard InChI is InChI=1S/C11H15N3O2/c1-3-16-11(15)8-6(2)9(12)14-10(13-8)7-4-5-7/h7H,3-5H2,1-2H3,(H2,12,13,14). The molecule has 0 bridgehead atoms. The Balaban J connectivity index is 2.37. The van der Waals surface area contributed by atoms with Crippen LogP contribution in [0.15, 0.2) is 0 Å². The summed E-state index contributed by atoms with van der Waals surface area (Å²) in [6.45, 7) is 3.83. The summed E-state index contributed by atoms with van der Waals surface area (Å²) in [7, 11) is 0. The number of rotatable bonds is 3. The zero-order valence-corrected chi connectivity index (χ0v) is 9.49. The second kappa shape index (κ2) is 4.08. The van der Waals surface area contributed by atoms with Gasteiger partial charge in [-0.3, -0.25) is 0 Å². The largest absolute Gasteiger partial charge is 0.461 e. The van der Waals surface area contributed by atoms with Gasteiger partial charge in [0.25, 0.3) is 0 Å². The number of hydrogen-bond acceptors (Lipinski definition) is 5. The minimum atomic E-state index is -0.420. The highest BCUT2D eigenvalue weighted by molar-refractivity contribution is 5.90.